The Hall–Kier alpha value is -3.67. The molecule has 0 radical (unpaired) electrons. The first-order chi connectivity index (χ1) is 21.3. The van der Waals surface area contributed by atoms with Crippen molar-refractivity contribution >= 4 is 29.6 Å². The smallest absolute Gasteiger partial charge is 0.305 e. The van der Waals surface area contributed by atoms with Gasteiger partial charge in [0, 0.05) is 20.0 Å². The summed E-state index contributed by atoms with van der Waals surface area (Å²) >= 11 is 0. The molecule has 0 saturated heterocycles. The number of phenols is 1. The summed E-state index contributed by atoms with van der Waals surface area (Å²) in [5.74, 6) is -1.51. The minimum absolute atomic E-state index is 0.141. The molecule has 12 nitrogen and oxygen atoms in total. The lowest BCUT2D eigenvalue weighted by Gasteiger charge is -2.29. The normalized spacial score (nSPS) is 15.3. The number of benzene rings is 1. The Kier molecular flexibility index (Phi) is 15.8. The minimum Gasteiger partial charge on any atom is -0.508 e. The molecular formula is C33H53N5O7. The van der Waals surface area contributed by atoms with E-state index < -0.39 is 35.8 Å². The number of esters is 1. The van der Waals surface area contributed by atoms with Gasteiger partial charge in [-0.05, 0) is 81.2 Å². The standard InChI is InChI=1S/C33H53N5O7/c1-21-16-25(39)17-22(2)26(21)19-27(34)32(43)36-23(3)31(42)35-20-29(40)37-28(18-24-12-8-6-9-13-24)33(44)38(4)15-11-7-10-14-30(41)45-5/h16-17,23-24,27-28,39H,6-15,18-20,34H2,1-5H3,(H,35,42)(H,36,43)(H,37,40)/t23-,27+,28+/m1/s1. The van der Waals surface area contributed by atoms with E-state index in [1.165, 1.54) is 20.5 Å². The molecule has 12 heteroatoms. The van der Waals surface area contributed by atoms with E-state index in [4.69, 9.17) is 5.73 Å². The first kappa shape index (κ1) is 37.5. The molecular weight excluding hydrogens is 578 g/mol. The number of methoxy groups -OCH3 is 1. The summed E-state index contributed by atoms with van der Waals surface area (Å²) in [5.41, 5.74) is 8.60. The average Bonchev–Trinajstić information content (AvgIpc) is 3.00. The van der Waals surface area contributed by atoms with Crippen molar-refractivity contribution in [3.63, 3.8) is 0 Å². The van der Waals surface area contributed by atoms with Crippen LogP contribution < -0.4 is 21.7 Å². The van der Waals surface area contributed by atoms with Gasteiger partial charge in [0.1, 0.15) is 17.8 Å². The fourth-order valence-corrected chi connectivity index (χ4v) is 5.81. The maximum Gasteiger partial charge on any atom is 0.305 e. The van der Waals surface area contributed by atoms with Crippen molar-refractivity contribution in [1.29, 1.82) is 0 Å². The van der Waals surface area contributed by atoms with Crippen LogP contribution in [0.25, 0.3) is 0 Å². The zero-order valence-corrected chi connectivity index (χ0v) is 27.6. The molecule has 1 aliphatic carbocycles. The number of carbonyl (C=O) groups is 5. The molecule has 0 aromatic heterocycles. The predicted molar refractivity (Wildman–Crippen MR) is 171 cm³/mol. The van der Waals surface area contributed by atoms with Gasteiger partial charge in [0.15, 0.2) is 0 Å². The zero-order chi connectivity index (χ0) is 33.5. The summed E-state index contributed by atoms with van der Waals surface area (Å²) in [6.45, 7) is 5.32. The third kappa shape index (κ3) is 13.1. The van der Waals surface area contributed by atoms with Crippen LogP contribution in [-0.2, 0) is 35.1 Å². The van der Waals surface area contributed by atoms with Crippen LogP contribution in [0.4, 0.5) is 0 Å². The molecule has 2 rings (SSSR count). The lowest BCUT2D eigenvalue weighted by molar-refractivity contribution is -0.140. The Morgan fingerprint density at radius 1 is 1.00 bits per heavy atom. The second kappa shape index (κ2) is 19.0. The number of carbonyl (C=O) groups excluding carboxylic acids is 5. The Bertz CT molecular complexity index is 1150. The molecule has 252 valence electrons. The van der Waals surface area contributed by atoms with Crippen molar-refractivity contribution < 1.29 is 33.8 Å². The van der Waals surface area contributed by atoms with E-state index in [1.807, 2.05) is 13.8 Å². The first-order valence-electron chi connectivity index (χ1n) is 16.1. The Morgan fingerprint density at radius 2 is 1.64 bits per heavy atom. The van der Waals surface area contributed by atoms with Crippen LogP contribution in [-0.4, -0.2) is 85.0 Å². The molecule has 4 amide bonds. The second-order valence-corrected chi connectivity index (χ2v) is 12.3. The molecule has 1 fully saturated rings. The highest BCUT2D eigenvalue weighted by Crippen LogP contribution is 2.28. The van der Waals surface area contributed by atoms with Gasteiger partial charge in [0.25, 0.3) is 0 Å². The fourth-order valence-electron chi connectivity index (χ4n) is 5.81. The highest BCUT2D eigenvalue weighted by Gasteiger charge is 2.28. The average molecular weight is 632 g/mol. The van der Waals surface area contributed by atoms with Crippen LogP contribution in [0.3, 0.4) is 0 Å². The molecule has 0 aliphatic heterocycles. The number of hydrogen-bond donors (Lipinski definition) is 5. The van der Waals surface area contributed by atoms with Gasteiger partial charge in [-0.3, -0.25) is 24.0 Å². The SMILES string of the molecule is COC(=O)CCCCCN(C)C(=O)[C@H](CC1CCCCC1)NC(=O)CNC(=O)[C@@H](C)NC(=O)[C@@H](N)Cc1c(C)cc(O)cc1C. The van der Waals surface area contributed by atoms with Crippen LogP contribution in [0.1, 0.15) is 87.8 Å². The molecule has 1 aromatic carbocycles. The highest BCUT2D eigenvalue weighted by atomic mass is 16.5. The van der Waals surface area contributed by atoms with Crippen molar-refractivity contribution in [2.75, 3.05) is 27.2 Å². The number of unbranched alkanes of at least 4 members (excludes halogenated alkanes) is 2. The Labute approximate surface area is 267 Å². The van der Waals surface area contributed by atoms with E-state index in [0.717, 1.165) is 55.2 Å². The van der Waals surface area contributed by atoms with Crippen molar-refractivity contribution in [1.82, 2.24) is 20.9 Å². The molecule has 0 unspecified atom stereocenters. The van der Waals surface area contributed by atoms with Crippen molar-refractivity contribution in [2.24, 2.45) is 11.7 Å². The van der Waals surface area contributed by atoms with Crippen LogP contribution in [0.2, 0.25) is 0 Å². The lowest BCUT2D eigenvalue weighted by atomic mass is 9.84. The summed E-state index contributed by atoms with van der Waals surface area (Å²) in [6.07, 6.45) is 8.70. The summed E-state index contributed by atoms with van der Waals surface area (Å²) in [5, 5.41) is 17.7. The molecule has 0 spiro atoms. The van der Waals surface area contributed by atoms with Gasteiger partial charge in [-0.2, -0.15) is 0 Å². The summed E-state index contributed by atoms with van der Waals surface area (Å²) in [4.78, 5) is 64.6. The van der Waals surface area contributed by atoms with Gasteiger partial charge in [0.2, 0.25) is 23.6 Å². The number of likely N-dealkylation sites (N-methyl/N-ethyl adjacent to an activating group) is 1. The van der Waals surface area contributed by atoms with Crippen LogP contribution in [0, 0.1) is 19.8 Å². The van der Waals surface area contributed by atoms with Crippen molar-refractivity contribution in [2.45, 2.75) is 110 Å². The molecule has 6 N–H and O–H groups in total. The van der Waals surface area contributed by atoms with E-state index in [1.54, 1.807) is 24.1 Å². The number of nitrogens with two attached hydrogens (primary N) is 1. The van der Waals surface area contributed by atoms with Gasteiger partial charge in [-0.15, -0.1) is 0 Å². The van der Waals surface area contributed by atoms with E-state index in [9.17, 15) is 29.1 Å². The first-order valence-corrected chi connectivity index (χ1v) is 16.1. The van der Waals surface area contributed by atoms with E-state index in [0.29, 0.717) is 31.7 Å². The van der Waals surface area contributed by atoms with Crippen LogP contribution >= 0.6 is 0 Å². The van der Waals surface area contributed by atoms with E-state index in [2.05, 4.69) is 20.7 Å². The Balaban J connectivity index is 1.88. The van der Waals surface area contributed by atoms with Crippen molar-refractivity contribution in [3.8, 4) is 5.75 Å². The molecule has 1 aromatic rings. The quantitative estimate of drug-likeness (QED) is 0.128. The number of rotatable bonds is 17. The molecule has 1 aliphatic rings. The van der Waals surface area contributed by atoms with Gasteiger partial charge >= 0.3 is 5.97 Å². The molecule has 0 heterocycles. The zero-order valence-electron chi connectivity index (χ0n) is 27.6. The Morgan fingerprint density at radius 3 is 2.27 bits per heavy atom. The predicted octanol–water partition coefficient (Wildman–Crippen LogP) is 2.15. The van der Waals surface area contributed by atoms with Gasteiger partial charge in [0.05, 0.1) is 19.7 Å². The number of nitrogens with zero attached hydrogens (tertiary/aromatic N) is 1. The number of amides is 4. The number of phenolic OH excluding ortho intramolecular Hbond substituents is 1. The number of aromatic hydroxyl groups is 1. The summed E-state index contributed by atoms with van der Waals surface area (Å²) in [7, 11) is 3.07. The summed E-state index contributed by atoms with van der Waals surface area (Å²) in [6, 6.07) is 0.648. The maximum absolute atomic E-state index is 13.4. The maximum atomic E-state index is 13.4. The second-order valence-electron chi connectivity index (χ2n) is 12.3. The molecule has 1 saturated carbocycles. The molecule has 0 bridgehead atoms. The molecule has 3 atom stereocenters. The van der Waals surface area contributed by atoms with E-state index in [-0.39, 0.29) is 30.6 Å². The molecule has 45 heavy (non-hydrogen) atoms. The largest absolute Gasteiger partial charge is 0.508 e. The van der Waals surface area contributed by atoms with Gasteiger partial charge in [-0.1, -0.05) is 38.5 Å². The highest BCUT2D eigenvalue weighted by molar-refractivity contribution is 5.93. The van der Waals surface area contributed by atoms with Gasteiger partial charge < -0.3 is 36.4 Å². The minimum atomic E-state index is -0.941. The monoisotopic (exact) mass is 631 g/mol. The third-order valence-corrected chi connectivity index (χ3v) is 8.52. The number of hydrogen-bond acceptors (Lipinski definition) is 8. The number of aryl methyl sites for hydroxylation is 2. The van der Waals surface area contributed by atoms with Gasteiger partial charge in [-0.25, -0.2) is 0 Å². The fraction of sp³-hybridized carbons (Fsp3) is 0.667. The van der Waals surface area contributed by atoms with E-state index >= 15 is 0 Å². The topological polar surface area (TPSA) is 180 Å². The number of nitrogens with one attached hydrogen (secondary N) is 3. The third-order valence-electron chi connectivity index (χ3n) is 8.52. The van der Waals surface area contributed by atoms with Crippen LogP contribution in [0.15, 0.2) is 12.1 Å². The van der Waals surface area contributed by atoms with Crippen LogP contribution in [0.5, 0.6) is 5.75 Å². The summed E-state index contributed by atoms with van der Waals surface area (Å²) < 4.78 is 4.66. The van der Waals surface area contributed by atoms with Crippen molar-refractivity contribution in [3.05, 3.63) is 28.8 Å². The lowest BCUT2D eigenvalue weighted by Crippen LogP contribution is -2.53. The number of ether oxygens (including phenoxy) is 1.